The van der Waals surface area contributed by atoms with Crippen LogP contribution in [-0.4, -0.2) is 70.9 Å². The highest BCUT2D eigenvalue weighted by Crippen LogP contribution is 2.16. The molecule has 0 N–H and O–H groups in total. The molecule has 3 saturated heterocycles. The summed E-state index contributed by atoms with van der Waals surface area (Å²) in [6, 6.07) is 0. The standard InChI is InChI=1S/C4H6O3S.C3H6O5S2.C2H4O5S2/c1-4-2-3-8(5,6)7-4;4-9(5)2-1-3-10(6,7)8-9;3-8(4)1-2-9(5,6)7-8/h1-3H2;1-3H2;1-2H2. The van der Waals surface area contributed by atoms with Crippen LogP contribution in [0.4, 0.5) is 0 Å². The Morgan fingerprint density at radius 3 is 1.07 bits per heavy atom. The van der Waals surface area contributed by atoms with E-state index in [1.54, 1.807) is 0 Å². The first-order chi connectivity index (χ1) is 11.9. The fraction of sp³-hybridized carbons (Fsp3) is 0.778. The third-order valence-electron chi connectivity index (χ3n) is 2.66. The average Bonchev–Trinajstić information content (AvgIpc) is 2.85. The van der Waals surface area contributed by atoms with E-state index >= 15 is 0 Å². The van der Waals surface area contributed by atoms with E-state index in [0.717, 1.165) is 0 Å². The minimum Gasteiger partial charge on any atom is -0.388 e. The first-order valence-corrected chi connectivity index (χ1v) is 14.7. The molecule has 13 nitrogen and oxygen atoms in total. The predicted octanol–water partition coefficient (Wildman–Crippen LogP) is -2.01. The predicted molar refractivity (Wildman–Crippen MR) is 90.6 cm³/mol. The maximum absolute atomic E-state index is 10.5. The van der Waals surface area contributed by atoms with Gasteiger partial charge in [-0.2, -0.15) is 42.1 Å². The van der Waals surface area contributed by atoms with Gasteiger partial charge in [-0.05, 0) is 6.42 Å². The molecule has 3 aliphatic rings. The van der Waals surface area contributed by atoms with Gasteiger partial charge in [-0.15, -0.1) is 7.26 Å². The molecule has 3 aliphatic heterocycles. The molecule has 0 radical (unpaired) electrons. The molecule has 0 aromatic heterocycles. The average molecular weight is 493 g/mol. The van der Waals surface area contributed by atoms with Crippen LogP contribution in [0.15, 0.2) is 12.3 Å². The van der Waals surface area contributed by atoms with Crippen LogP contribution in [0.2, 0.25) is 0 Å². The number of rotatable bonds is 0. The summed E-state index contributed by atoms with van der Waals surface area (Å²) in [4.78, 5) is 0. The van der Waals surface area contributed by atoms with Crippen LogP contribution in [0.25, 0.3) is 0 Å². The molecular formula is C9H16O13S5. The number of hydrogen-bond acceptors (Lipinski definition) is 13. The van der Waals surface area contributed by atoms with Crippen LogP contribution < -0.4 is 0 Å². The van der Waals surface area contributed by atoms with Crippen molar-refractivity contribution >= 4 is 50.6 Å². The topological polar surface area (TPSA) is 198 Å². The third-order valence-corrected chi connectivity index (χ3v) is 10.4. The molecule has 0 aromatic rings. The van der Waals surface area contributed by atoms with Crippen molar-refractivity contribution in [1.29, 1.82) is 0 Å². The zero-order chi connectivity index (χ0) is 21.1. The van der Waals surface area contributed by atoms with Crippen molar-refractivity contribution in [3.05, 3.63) is 12.3 Å². The van der Waals surface area contributed by atoms with E-state index in [1.807, 2.05) is 0 Å². The second-order valence-corrected chi connectivity index (χ2v) is 14.0. The van der Waals surface area contributed by atoms with E-state index in [1.165, 1.54) is 0 Å². The molecule has 3 fully saturated rings. The molecule has 0 saturated carbocycles. The normalized spacial score (nSPS) is 28.5. The van der Waals surface area contributed by atoms with E-state index < -0.39 is 62.1 Å². The Morgan fingerprint density at radius 2 is 0.926 bits per heavy atom. The van der Waals surface area contributed by atoms with Crippen molar-refractivity contribution in [2.45, 2.75) is 12.8 Å². The van der Waals surface area contributed by atoms with Gasteiger partial charge in [0.05, 0.1) is 28.8 Å². The van der Waals surface area contributed by atoms with Gasteiger partial charge in [-0.3, -0.25) is 0 Å². The summed E-state index contributed by atoms with van der Waals surface area (Å²) in [6.07, 6.45) is 0.576. The highest BCUT2D eigenvalue weighted by atomic mass is 32.3. The molecule has 0 bridgehead atoms. The third kappa shape index (κ3) is 9.81. The lowest BCUT2D eigenvalue weighted by atomic mass is 10.4. The molecule has 160 valence electrons. The maximum Gasteiger partial charge on any atom is 0.309 e. The molecule has 0 unspecified atom stereocenters. The summed E-state index contributed by atoms with van der Waals surface area (Å²) in [5.41, 5.74) is 0. The lowest BCUT2D eigenvalue weighted by Gasteiger charge is -2.09. The summed E-state index contributed by atoms with van der Waals surface area (Å²) in [7, 11) is -18.2. The number of allylic oxidation sites excluding steroid dienone is 1. The lowest BCUT2D eigenvalue weighted by molar-refractivity contribution is 0.430. The fourth-order valence-corrected chi connectivity index (χ4v) is 9.00. The van der Waals surface area contributed by atoms with Crippen LogP contribution in [0, 0.1) is 0 Å². The number of hydrogen-bond donors (Lipinski definition) is 0. The monoisotopic (exact) mass is 492 g/mol. The van der Waals surface area contributed by atoms with Crippen molar-refractivity contribution in [3.8, 4) is 0 Å². The molecule has 3 rings (SSSR count). The summed E-state index contributed by atoms with van der Waals surface area (Å²) >= 11 is 0. The van der Waals surface area contributed by atoms with Crippen molar-refractivity contribution in [2.24, 2.45) is 0 Å². The highest BCUT2D eigenvalue weighted by Gasteiger charge is 2.32. The molecule has 18 heteroatoms. The van der Waals surface area contributed by atoms with Crippen molar-refractivity contribution in [3.63, 3.8) is 0 Å². The van der Waals surface area contributed by atoms with E-state index in [-0.39, 0.29) is 23.7 Å². The van der Waals surface area contributed by atoms with Crippen LogP contribution in [0.3, 0.4) is 0 Å². The van der Waals surface area contributed by atoms with Gasteiger partial charge in [0.2, 0.25) is 0 Å². The Kier molecular flexibility index (Phi) is 7.45. The lowest BCUT2D eigenvalue weighted by Crippen LogP contribution is -2.25. The summed E-state index contributed by atoms with van der Waals surface area (Å²) in [6.45, 7) is 3.35. The van der Waals surface area contributed by atoms with Gasteiger partial charge in [-0.1, -0.05) is 6.58 Å². The molecule has 27 heavy (non-hydrogen) atoms. The summed E-state index contributed by atoms with van der Waals surface area (Å²) < 4.78 is 115. The van der Waals surface area contributed by atoms with Gasteiger partial charge < -0.3 is 4.18 Å². The first-order valence-electron chi connectivity index (χ1n) is 6.85. The Balaban J connectivity index is 0.000000204. The van der Waals surface area contributed by atoms with Crippen LogP contribution >= 0.6 is 0 Å². The molecule has 0 spiro atoms. The van der Waals surface area contributed by atoms with Gasteiger partial charge in [0.15, 0.2) is 0 Å². The Labute approximate surface area is 157 Å². The minimum absolute atomic E-state index is 0.0891. The Morgan fingerprint density at radius 1 is 0.556 bits per heavy atom. The van der Waals surface area contributed by atoms with Crippen LogP contribution in [0.5, 0.6) is 0 Å². The van der Waals surface area contributed by atoms with Crippen molar-refractivity contribution in [1.82, 2.24) is 0 Å². The van der Waals surface area contributed by atoms with Crippen molar-refractivity contribution < 1.29 is 53.5 Å². The molecule has 0 atom stereocenters. The van der Waals surface area contributed by atoms with Crippen LogP contribution in [0.1, 0.15) is 12.8 Å². The van der Waals surface area contributed by atoms with Gasteiger partial charge in [0.1, 0.15) is 5.76 Å². The Hall–Kier alpha value is -0.790. The fourth-order valence-electron chi connectivity index (χ4n) is 1.57. The minimum atomic E-state index is -3.78. The summed E-state index contributed by atoms with van der Waals surface area (Å²) in [5, 5.41) is 0. The van der Waals surface area contributed by atoms with E-state index in [2.05, 4.69) is 18.0 Å². The summed E-state index contributed by atoms with van der Waals surface area (Å²) in [5.74, 6) is -0.806. The zero-order valence-electron chi connectivity index (χ0n) is 13.5. The first kappa shape index (κ1) is 24.2. The molecular weight excluding hydrogens is 476 g/mol. The highest BCUT2D eigenvalue weighted by molar-refractivity contribution is 8.03. The van der Waals surface area contributed by atoms with E-state index in [0.29, 0.717) is 12.2 Å². The zero-order valence-corrected chi connectivity index (χ0v) is 17.6. The second-order valence-electron chi connectivity index (χ2n) is 5.17. The molecule has 0 aromatic carbocycles. The smallest absolute Gasteiger partial charge is 0.309 e. The second kappa shape index (κ2) is 8.29. The van der Waals surface area contributed by atoms with Gasteiger partial charge >= 0.3 is 10.1 Å². The van der Waals surface area contributed by atoms with Crippen molar-refractivity contribution in [2.75, 3.05) is 28.8 Å². The SMILES string of the molecule is C=C1CCS(=O)(=O)O1.O=S1(=O)CCCS(=O)(=O)O1.O=S1(=O)CCS(=O)(=O)O1. The van der Waals surface area contributed by atoms with E-state index in [4.69, 9.17) is 0 Å². The largest absolute Gasteiger partial charge is 0.388 e. The molecule has 0 aliphatic carbocycles. The quantitative estimate of drug-likeness (QED) is 0.336. The molecule has 3 heterocycles. The van der Waals surface area contributed by atoms with Gasteiger partial charge in [0, 0.05) is 6.42 Å². The Bertz CT molecular complexity index is 1030. The van der Waals surface area contributed by atoms with Crippen LogP contribution in [-0.2, 0) is 62.0 Å². The maximum atomic E-state index is 10.5. The molecule has 0 amide bonds. The van der Waals surface area contributed by atoms with E-state index in [9.17, 15) is 42.1 Å². The van der Waals surface area contributed by atoms with Gasteiger partial charge in [-0.25, -0.2) is 0 Å². The van der Waals surface area contributed by atoms with Gasteiger partial charge in [0.25, 0.3) is 40.5 Å².